The molecule has 0 spiro atoms. The number of carbonyl (C=O) groups is 2. The van der Waals surface area contributed by atoms with Crippen LogP contribution in [0.2, 0.25) is 0 Å². The van der Waals surface area contributed by atoms with Crippen LogP contribution in [0.4, 0.5) is 0 Å². The van der Waals surface area contributed by atoms with Crippen molar-refractivity contribution in [1.29, 1.82) is 0 Å². The Morgan fingerprint density at radius 2 is 1.72 bits per heavy atom. The van der Waals surface area contributed by atoms with Gasteiger partial charge in [0.25, 0.3) is 11.8 Å². The first-order chi connectivity index (χ1) is 15.3. The second-order valence-corrected chi connectivity index (χ2v) is 9.77. The minimum atomic E-state index is -3.92. The zero-order chi connectivity index (χ0) is 23.1. The van der Waals surface area contributed by atoms with E-state index in [-0.39, 0.29) is 16.9 Å². The van der Waals surface area contributed by atoms with E-state index in [0.717, 1.165) is 5.56 Å². The normalized spacial score (nSPS) is 13.8. The van der Waals surface area contributed by atoms with Crippen LogP contribution in [0.25, 0.3) is 0 Å². The van der Waals surface area contributed by atoms with Gasteiger partial charge in [0.1, 0.15) is 19.3 Å². The molecule has 3 rings (SSSR count). The zero-order valence-electron chi connectivity index (χ0n) is 17.7. The summed E-state index contributed by atoms with van der Waals surface area (Å²) < 4.78 is 38.7. The number of rotatable bonds is 8. The van der Waals surface area contributed by atoms with E-state index in [9.17, 15) is 18.0 Å². The molecule has 2 amide bonds. The number of aryl methyl sites for hydroxylation is 1. The first-order valence-electron chi connectivity index (χ1n) is 9.88. The Bertz CT molecular complexity index is 1070. The minimum absolute atomic E-state index is 0.0605. The summed E-state index contributed by atoms with van der Waals surface area (Å²) in [5.74, 6) is 0.296. The Kier molecular flexibility index (Phi) is 7.99. The van der Waals surface area contributed by atoms with Gasteiger partial charge in [0, 0.05) is 5.56 Å². The van der Waals surface area contributed by atoms with Crippen molar-refractivity contribution in [2.75, 3.05) is 25.2 Å². The highest BCUT2D eigenvalue weighted by atomic mass is 32.2. The maximum absolute atomic E-state index is 12.7. The molecule has 11 heteroatoms. The van der Waals surface area contributed by atoms with Gasteiger partial charge in [-0.15, -0.1) is 0 Å². The Morgan fingerprint density at radius 3 is 2.41 bits per heavy atom. The topological polar surface area (TPSA) is 123 Å². The molecule has 172 valence electrons. The maximum Gasteiger partial charge on any atom is 0.269 e. The quantitative estimate of drug-likeness (QED) is 0.492. The summed E-state index contributed by atoms with van der Waals surface area (Å²) in [6.07, 6.45) is 2.10. The molecule has 0 saturated heterocycles. The van der Waals surface area contributed by atoms with Crippen molar-refractivity contribution < 1.29 is 27.5 Å². The van der Waals surface area contributed by atoms with Crippen molar-refractivity contribution in [2.45, 2.75) is 24.3 Å². The fourth-order valence-electron chi connectivity index (χ4n) is 2.91. The largest absolute Gasteiger partial charge is 0.486 e. The van der Waals surface area contributed by atoms with E-state index >= 15 is 0 Å². The highest BCUT2D eigenvalue weighted by Crippen LogP contribution is 2.30. The maximum atomic E-state index is 12.7. The van der Waals surface area contributed by atoms with Gasteiger partial charge in [-0.25, -0.2) is 8.42 Å². The van der Waals surface area contributed by atoms with Crippen LogP contribution in [0.3, 0.4) is 0 Å². The highest BCUT2D eigenvalue weighted by molar-refractivity contribution is 7.98. The molecular formula is C21H25N3O6S2. The molecule has 1 aliphatic heterocycles. The molecule has 0 radical (unpaired) electrons. The molecule has 2 aromatic rings. The van der Waals surface area contributed by atoms with Crippen LogP contribution >= 0.6 is 11.8 Å². The third-order valence-corrected chi connectivity index (χ3v) is 6.79. The lowest BCUT2D eigenvalue weighted by atomic mass is 10.2. The lowest BCUT2D eigenvalue weighted by Crippen LogP contribution is -2.52. The fourth-order valence-corrected chi connectivity index (χ4v) is 4.62. The van der Waals surface area contributed by atoms with Gasteiger partial charge in [0.05, 0.1) is 4.90 Å². The number of thioether (sulfide) groups is 1. The van der Waals surface area contributed by atoms with E-state index in [0.29, 0.717) is 30.5 Å². The number of nitrogens with one attached hydrogen (secondary N) is 3. The molecule has 1 atom stereocenters. The Labute approximate surface area is 191 Å². The first kappa shape index (κ1) is 23.9. The third-order valence-electron chi connectivity index (χ3n) is 4.66. The average Bonchev–Trinajstić information content (AvgIpc) is 2.79. The van der Waals surface area contributed by atoms with Gasteiger partial charge >= 0.3 is 0 Å². The molecule has 0 aromatic heterocycles. The molecule has 2 aromatic carbocycles. The lowest BCUT2D eigenvalue weighted by molar-refractivity contribution is -0.123. The van der Waals surface area contributed by atoms with Crippen LogP contribution < -0.4 is 25.0 Å². The van der Waals surface area contributed by atoms with Crippen LogP contribution in [-0.2, 0) is 14.8 Å². The Hall–Kier alpha value is -2.76. The van der Waals surface area contributed by atoms with Crippen LogP contribution in [0.1, 0.15) is 22.3 Å². The second kappa shape index (κ2) is 10.7. The van der Waals surface area contributed by atoms with Gasteiger partial charge in [-0.1, -0.05) is 17.7 Å². The van der Waals surface area contributed by atoms with Crippen molar-refractivity contribution in [3.05, 3.63) is 53.6 Å². The molecule has 9 nitrogen and oxygen atoms in total. The summed E-state index contributed by atoms with van der Waals surface area (Å²) >= 11 is 1.48. The van der Waals surface area contributed by atoms with E-state index in [1.165, 1.54) is 30.0 Å². The van der Waals surface area contributed by atoms with Gasteiger partial charge in [0.15, 0.2) is 11.5 Å². The van der Waals surface area contributed by atoms with Gasteiger partial charge in [0.2, 0.25) is 10.0 Å². The SMILES string of the molecule is CSCCC(NS(=O)(=O)c1ccc(C)cc1)C(=O)NNC(=O)c1ccc2c(c1)OCCO2. The number of hydrazine groups is 1. The standard InChI is InChI=1S/C21H25N3O6S2/c1-14-3-6-16(7-4-14)32(27,28)24-17(9-12-31-2)21(26)23-22-20(25)15-5-8-18-19(13-15)30-11-10-29-18/h3-8,13,17,24H,9-12H2,1-2H3,(H,22,25)(H,23,26). The van der Waals surface area contributed by atoms with Crippen LogP contribution in [0, 0.1) is 6.92 Å². The molecule has 1 aliphatic rings. The van der Waals surface area contributed by atoms with Crippen molar-refractivity contribution in [3.63, 3.8) is 0 Å². The predicted octanol–water partition coefficient (Wildman–Crippen LogP) is 1.63. The number of ether oxygens (including phenoxy) is 2. The number of amides is 2. The van der Waals surface area contributed by atoms with E-state index in [1.54, 1.807) is 24.3 Å². The first-order valence-corrected chi connectivity index (χ1v) is 12.8. The Morgan fingerprint density at radius 1 is 1.03 bits per heavy atom. The van der Waals surface area contributed by atoms with E-state index in [2.05, 4.69) is 15.6 Å². The minimum Gasteiger partial charge on any atom is -0.486 e. The van der Waals surface area contributed by atoms with Crippen LogP contribution in [-0.4, -0.2) is 51.5 Å². The molecule has 0 saturated carbocycles. The number of fused-ring (bicyclic) bond motifs is 1. The molecule has 32 heavy (non-hydrogen) atoms. The second-order valence-electron chi connectivity index (χ2n) is 7.07. The number of sulfonamides is 1. The van der Waals surface area contributed by atoms with Gasteiger partial charge in [-0.3, -0.25) is 20.4 Å². The van der Waals surface area contributed by atoms with Crippen LogP contribution in [0.5, 0.6) is 11.5 Å². The van der Waals surface area contributed by atoms with Crippen molar-refractivity contribution in [1.82, 2.24) is 15.6 Å². The van der Waals surface area contributed by atoms with E-state index in [1.807, 2.05) is 13.2 Å². The fraction of sp³-hybridized carbons (Fsp3) is 0.333. The Balaban J connectivity index is 1.65. The highest BCUT2D eigenvalue weighted by Gasteiger charge is 2.26. The summed E-state index contributed by atoms with van der Waals surface area (Å²) in [5.41, 5.74) is 5.80. The van der Waals surface area contributed by atoms with Gasteiger partial charge in [-0.2, -0.15) is 16.5 Å². The summed E-state index contributed by atoms with van der Waals surface area (Å²) in [7, 11) is -3.92. The average molecular weight is 480 g/mol. The van der Waals surface area contributed by atoms with E-state index < -0.39 is 27.9 Å². The van der Waals surface area contributed by atoms with E-state index in [4.69, 9.17) is 9.47 Å². The zero-order valence-corrected chi connectivity index (χ0v) is 19.3. The molecule has 1 heterocycles. The molecule has 3 N–H and O–H groups in total. The predicted molar refractivity (Wildman–Crippen MR) is 121 cm³/mol. The molecule has 0 aliphatic carbocycles. The smallest absolute Gasteiger partial charge is 0.269 e. The van der Waals surface area contributed by atoms with Crippen molar-refractivity contribution in [2.24, 2.45) is 0 Å². The number of hydrogen-bond donors (Lipinski definition) is 3. The van der Waals surface area contributed by atoms with Crippen LogP contribution in [0.15, 0.2) is 47.4 Å². The summed E-state index contributed by atoms with van der Waals surface area (Å²) in [4.78, 5) is 25.2. The molecule has 0 bridgehead atoms. The van der Waals surface area contributed by atoms with Crippen molar-refractivity contribution in [3.8, 4) is 11.5 Å². The van der Waals surface area contributed by atoms with Crippen molar-refractivity contribution >= 4 is 33.6 Å². The van der Waals surface area contributed by atoms with Gasteiger partial charge < -0.3 is 9.47 Å². The van der Waals surface area contributed by atoms with Gasteiger partial charge in [-0.05, 0) is 55.7 Å². The summed E-state index contributed by atoms with van der Waals surface area (Å²) in [6, 6.07) is 9.92. The number of carbonyl (C=O) groups excluding carboxylic acids is 2. The number of hydrogen-bond acceptors (Lipinski definition) is 7. The summed E-state index contributed by atoms with van der Waals surface area (Å²) in [6.45, 7) is 2.67. The third kappa shape index (κ3) is 6.15. The molecule has 1 unspecified atom stereocenters. The monoisotopic (exact) mass is 479 g/mol. The molecular weight excluding hydrogens is 454 g/mol. The lowest BCUT2D eigenvalue weighted by Gasteiger charge is -2.20. The molecule has 0 fully saturated rings. The summed E-state index contributed by atoms with van der Waals surface area (Å²) in [5, 5.41) is 0. The number of benzene rings is 2.